The van der Waals surface area contributed by atoms with Crippen LogP contribution in [0.2, 0.25) is 0 Å². The van der Waals surface area contributed by atoms with Crippen LogP contribution in [0.3, 0.4) is 0 Å². The highest BCUT2D eigenvalue weighted by molar-refractivity contribution is 5.85. The first-order valence-corrected chi connectivity index (χ1v) is 12.8. The van der Waals surface area contributed by atoms with Gasteiger partial charge in [0.2, 0.25) is 0 Å². The minimum Gasteiger partial charge on any atom is -0.478 e. The molecule has 4 rings (SSSR count). The van der Waals surface area contributed by atoms with E-state index in [4.69, 9.17) is 5.11 Å². The van der Waals surface area contributed by atoms with Gasteiger partial charge in [0.25, 0.3) is 0 Å². The number of hydrogen-bond donors (Lipinski definition) is 2. The summed E-state index contributed by atoms with van der Waals surface area (Å²) in [5.41, 5.74) is 1.30. The molecule has 0 spiro atoms. The maximum atomic E-state index is 11.0. The highest BCUT2D eigenvalue weighted by Gasteiger charge is 2.60. The summed E-state index contributed by atoms with van der Waals surface area (Å²) in [7, 11) is 0. The summed E-state index contributed by atoms with van der Waals surface area (Å²) in [6, 6.07) is 0. The second-order valence-electron chi connectivity index (χ2n) is 12.1. The topological polar surface area (TPSA) is 57.5 Å². The zero-order valence-corrected chi connectivity index (χ0v) is 19.5. The molecule has 2 unspecified atom stereocenters. The van der Waals surface area contributed by atoms with Crippen LogP contribution in [0.25, 0.3) is 0 Å². The Hall–Kier alpha value is -0.830. The van der Waals surface area contributed by atoms with E-state index >= 15 is 0 Å². The Balaban J connectivity index is 1.42. The zero-order valence-electron chi connectivity index (χ0n) is 19.5. The van der Waals surface area contributed by atoms with Crippen molar-refractivity contribution in [3.05, 3.63) is 12.2 Å². The zero-order chi connectivity index (χ0) is 21.7. The van der Waals surface area contributed by atoms with E-state index in [1.807, 2.05) is 0 Å². The molecule has 3 heteroatoms. The average molecular weight is 417 g/mol. The third kappa shape index (κ3) is 3.67. The van der Waals surface area contributed by atoms with E-state index in [1.165, 1.54) is 44.9 Å². The summed E-state index contributed by atoms with van der Waals surface area (Å²) in [6.07, 6.45) is 14.2. The first-order valence-electron chi connectivity index (χ1n) is 12.8. The van der Waals surface area contributed by atoms with E-state index in [1.54, 1.807) is 0 Å². The second kappa shape index (κ2) is 8.26. The van der Waals surface area contributed by atoms with Crippen LogP contribution < -0.4 is 0 Å². The molecule has 0 aromatic heterocycles. The molecule has 4 saturated carbocycles. The van der Waals surface area contributed by atoms with Crippen molar-refractivity contribution in [1.82, 2.24) is 0 Å². The molecule has 0 aromatic rings. The van der Waals surface area contributed by atoms with E-state index in [0.717, 1.165) is 55.3 Å². The van der Waals surface area contributed by atoms with E-state index in [9.17, 15) is 9.90 Å². The molecule has 0 saturated heterocycles. The molecule has 2 N–H and O–H groups in total. The lowest BCUT2D eigenvalue weighted by Gasteiger charge is -2.61. The number of hydrogen-bond acceptors (Lipinski definition) is 2. The lowest BCUT2D eigenvalue weighted by molar-refractivity contribution is -0.132. The second-order valence-corrected chi connectivity index (χ2v) is 12.1. The largest absolute Gasteiger partial charge is 0.478 e. The molecule has 0 amide bonds. The van der Waals surface area contributed by atoms with Gasteiger partial charge in [-0.05, 0) is 117 Å². The number of aliphatic hydroxyl groups excluding tert-OH is 1. The molecule has 0 radical (unpaired) electrons. The molecule has 170 valence electrons. The van der Waals surface area contributed by atoms with Crippen molar-refractivity contribution in [3.63, 3.8) is 0 Å². The van der Waals surface area contributed by atoms with Gasteiger partial charge in [0.05, 0.1) is 6.10 Å². The summed E-state index contributed by atoms with van der Waals surface area (Å²) in [6.45, 7) is 11.3. The third-order valence-electron chi connectivity index (χ3n) is 10.8. The highest BCUT2D eigenvalue weighted by atomic mass is 16.4. The SMILES string of the molecule is C=C(CCCC(C)[C@H]1CC[C@H]2[C@@H]3CCC4C[C@@H](O)CC[C@]4(C)[C@H]3CC[C@]12C)C(=O)O. The molecule has 4 fully saturated rings. The first kappa shape index (κ1) is 22.4. The Labute approximate surface area is 183 Å². The lowest BCUT2D eigenvalue weighted by atomic mass is 9.44. The van der Waals surface area contributed by atoms with Crippen LogP contribution >= 0.6 is 0 Å². The van der Waals surface area contributed by atoms with Gasteiger partial charge in [-0.1, -0.05) is 33.8 Å². The van der Waals surface area contributed by atoms with Crippen molar-refractivity contribution in [3.8, 4) is 0 Å². The van der Waals surface area contributed by atoms with Gasteiger partial charge in [-0.3, -0.25) is 0 Å². The van der Waals surface area contributed by atoms with Gasteiger partial charge in [0.1, 0.15) is 0 Å². The van der Waals surface area contributed by atoms with Crippen LogP contribution in [0.1, 0.15) is 97.8 Å². The maximum Gasteiger partial charge on any atom is 0.330 e. The molecule has 0 bridgehead atoms. The van der Waals surface area contributed by atoms with Crippen molar-refractivity contribution >= 4 is 5.97 Å². The van der Waals surface area contributed by atoms with Gasteiger partial charge >= 0.3 is 5.97 Å². The Morgan fingerprint density at radius 3 is 2.47 bits per heavy atom. The quantitative estimate of drug-likeness (QED) is 0.489. The summed E-state index contributed by atoms with van der Waals surface area (Å²) in [4.78, 5) is 11.0. The monoisotopic (exact) mass is 416 g/mol. The van der Waals surface area contributed by atoms with Gasteiger partial charge in [-0.2, -0.15) is 0 Å². The molecule has 4 aliphatic rings. The maximum absolute atomic E-state index is 11.0. The number of carbonyl (C=O) groups is 1. The number of carboxylic acids is 1. The van der Waals surface area contributed by atoms with Crippen molar-refractivity contribution < 1.29 is 15.0 Å². The number of fused-ring (bicyclic) bond motifs is 5. The Kier molecular flexibility index (Phi) is 6.16. The standard InChI is InChI=1S/C27H44O3/c1-17(6-5-7-18(2)25(29)30)22-10-11-23-21-9-8-19-16-20(28)12-14-26(19,3)24(21)13-15-27(22,23)4/h17,19-24,28H,2,5-16H2,1,3-4H3,(H,29,30)/t17?,19?,20-,21-,22+,23-,24-,26-,27+/m0/s1. The number of carboxylic acid groups (broad SMARTS) is 1. The molecule has 9 atom stereocenters. The third-order valence-corrected chi connectivity index (χ3v) is 10.8. The molecule has 0 aromatic carbocycles. The first-order chi connectivity index (χ1) is 14.2. The number of aliphatic hydroxyl groups is 1. The fourth-order valence-corrected chi connectivity index (χ4v) is 9.16. The van der Waals surface area contributed by atoms with Crippen molar-refractivity contribution in [2.75, 3.05) is 0 Å². The predicted molar refractivity (Wildman–Crippen MR) is 121 cm³/mol. The molecule has 0 heterocycles. The Morgan fingerprint density at radius 2 is 1.73 bits per heavy atom. The Bertz CT molecular complexity index is 671. The number of rotatable bonds is 6. The minimum absolute atomic E-state index is 0.0533. The van der Waals surface area contributed by atoms with Gasteiger partial charge in [-0.15, -0.1) is 0 Å². The van der Waals surface area contributed by atoms with Gasteiger partial charge in [0.15, 0.2) is 0 Å². The molecular weight excluding hydrogens is 372 g/mol. The molecule has 3 nitrogen and oxygen atoms in total. The minimum atomic E-state index is -0.840. The highest BCUT2D eigenvalue weighted by Crippen LogP contribution is 2.68. The fraction of sp³-hybridized carbons (Fsp3) is 0.889. The van der Waals surface area contributed by atoms with Crippen LogP contribution in [-0.4, -0.2) is 22.3 Å². The smallest absolute Gasteiger partial charge is 0.330 e. The summed E-state index contributed by atoms with van der Waals surface area (Å²) < 4.78 is 0. The van der Waals surface area contributed by atoms with Crippen molar-refractivity contribution in [2.45, 2.75) is 104 Å². The van der Waals surface area contributed by atoms with Crippen LogP contribution in [0.5, 0.6) is 0 Å². The van der Waals surface area contributed by atoms with Gasteiger partial charge in [0, 0.05) is 5.57 Å². The Morgan fingerprint density at radius 1 is 1.03 bits per heavy atom. The van der Waals surface area contributed by atoms with Crippen LogP contribution in [-0.2, 0) is 4.79 Å². The molecule has 30 heavy (non-hydrogen) atoms. The van der Waals surface area contributed by atoms with Crippen molar-refractivity contribution in [2.24, 2.45) is 46.3 Å². The van der Waals surface area contributed by atoms with E-state index in [0.29, 0.717) is 28.7 Å². The molecule has 4 aliphatic carbocycles. The van der Waals surface area contributed by atoms with Crippen LogP contribution in [0.15, 0.2) is 12.2 Å². The predicted octanol–water partition coefficient (Wildman–Crippen LogP) is 6.45. The van der Waals surface area contributed by atoms with E-state index in [2.05, 4.69) is 27.4 Å². The summed E-state index contributed by atoms with van der Waals surface area (Å²) in [5, 5.41) is 19.3. The van der Waals surface area contributed by atoms with E-state index < -0.39 is 5.97 Å². The molecule has 0 aliphatic heterocycles. The van der Waals surface area contributed by atoms with Gasteiger partial charge < -0.3 is 10.2 Å². The average Bonchev–Trinajstić information content (AvgIpc) is 3.05. The molecular formula is C27H44O3. The van der Waals surface area contributed by atoms with E-state index in [-0.39, 0.29) is 6.10 Å². The number of aliphatic carboxylic acids is 1. The normalized spacial score (nSPS) is 46.4. The summed E-state index contributed by atoms with van der Waals surface area (Å²) >= 11 is 0. The summed E-state index contributed by atoms with van der Waals surface area (Å²) in [5.74, 6) is 4.01. The van der Waals surface area contributed by atoms with Crippen molar-refractivity contribution in [1.29, 1.82) is 0 Å². The van der Waals surface area contributed by atoms with Crippen LogP contribution in [0.4, 0.5) is 0 Å². The van der Waals surface area contributed by atoms with Crippen LogP contribution in [0, 0.1) is 46.3 Å². The fourth-order valence-electron chi connectivity index (χ4n) is 9.16. The lowest BCUT2D eigenvalue weighted by Crippen LogP contribution is -2.54. The van der Waals surface area contributed by atoms with Gasteiger partial charge in [-0.25, -0.2) is 4.79 Å².